The molecule has 1 aliphatic heterocycles. The van der Waals surface area contributed by atoms with Crippen LogP contribution in [0.4, 0.5) is 5.69 Å². The zero-order chi connectivity index (χ0) is 19.0. The van der Waals surface area contributed by atoms with Gasteiger partial charge in [0.25, 0.3) is 11.8 Å². The highest BCUT2D eigenvalue weighted by molar-refractivity contribution is 8.04. The van der Waals surface area contributed by atoms with Crippen LogP contribution in [0.15, 0.2) is 47.4 Å². The Morgan fingerprint density at radius 3 is 2.23 bits per heavy atom. The van der Waals surface area contributed by atoms with Gasteiger partial charge in [0.1, 0.15) is 0 Å². The van der Waals surface area contributed by atoms with Gasteiger partial charge in [-0.2, -0.15) is 0 Å². The van der Waals surface area contributed by atoms with Crippen LogP contribution in [-0.4, -0.2) is 17.1 Å². The van der Waals surface area contributed by atoms with Crippen molar-refractivity contribution in [3.63, 3.8) is 0 Å². The maximum absolute atomic E-state index is 13.2. The summed E-state index contributed by atoms with van der Waals surface area (Å²) in [4.78, 5) is 28.1. The number of hydrogen-bond acceptors (Lipinski definition) is 3. The Labute approximate surface area is 163 Å². The van der Waals surface area contributed by atoms with Crippen LogP contribution in [0.25, 0.3) is 5.57 Å². The van der Waals surface area contributed by atoms with Crippen LogP contribution in [0.2, 0.25) is 5.02 Å². The van der Waals surface area contributed by atoms with Crippen molar-refractivity contribution in [2.45, 2.75) is 32.9 Å². The zero-order valence-electron chi connectivity index (χ0n) is 15.2. The molecule has 0 atom stereocenters. The van der Waals surface area contributed by atoms with Gasteiger partial charge in [-0.25, -0.2) is 4.90 Å². The van der Waals surface area contributed by atoms with E-state index in [2.05, 4.69) is 0 Å². The molecule has 0 fully saturated rings. The smallest absolute Gasteiger partial charge is 0.268 e. The number of hydrogen-bond donors (Lipinski definition) is 0. The molecular formula is C21H20ClNO2S. The summed E-state index contributed by atoms with van der Waals surface area (Å²) in [6.45, 7) is 7.88. The summed E-state index contributed by atoms with van der Waals surface area (Å²) in [5, 5.41) is 0.677. The van der Waals surface area contributed by atoms with E-state index in [1.54, 1.807) is 12.1 Å². The van der Waals surface area contributed by atoms with Crippen LogP contribution in [0, 0.1) is 13.8 Å². The Kier molecular flexibility index (Phi) is 5.26. The first kappa shape index (κ1) is 18.7. The third kappa shape index (κ3) is 3.44. The number of thioether (sulfide) groups is 1. The van der Waals surface area contributed by atoms with E-state index in [0.29, 0.717) is 21.2 Å². The maximum atomic E-state index is 13.2. The van der Waals surface area contributed by atoms with Crippen molar-refractivity contribution in [3.8, 4) is 0 Å². The Balaban J connectivity index is 2.14. The van der Waals surface area contributed by atoms with E-state index in [4.69, 9.17) is 11.6 Å². The SMILES string of the molecule is Cc1ccc(C2=C(SC(C)C)C(=O)N(c3cc(Cl)ccc3C)C2=O)cc1. The van der Waals surface area contributed by atoms with E-state index >= 15 is 0 Å². The number of benzene rings is 2. The van der Waals surface area contributed by atoms with Gasteiger partial charge < -0.3 is 0 Å². The van der Waals surface area contributed by atoms with Gasteiger partial charge in [0.15, 0.2) is 0 Å². The lowest BCUT2D eigenvalue weighted by Gasteiger charge is -2.18. The first-order valence-corrected chi connectivity index (χ1v) is 9.68. The molecule has 0 saturated carbocycles. The molecule has 0 unspecified atom stereocenters. The van der Waals surface area contributed by atoms with Crippen LogP contribution in [0.1, 0.15) is 30.5 Å². The monoisotopic (exact) mass is 385 g/mol. The van der Waals surface area contributed by atoms with Gasteiger partial charge in [-0.15, -0.1) is 11.8 Å². The van der Waals surface area contributed by atoms with E-state index < -0.39 is 0 Å². The van der Waals surface area contributed by atoms with E-state index in [1.807, 2.05) is 58.0 Å². The van der Waals surface area contributed by atoms with Crippen LogP contribution in [0.5, 0.6) is 0 Å². The minimum Gasteiger partial charge on any atom is -0.268 e. The molecule has 0 saturated heterocycles. The molecule has 1 aliphatic rings. The quantitative estimate of drug-likeness (QED) is 0.663. The highest BCUT2D eigenvalue weighted by atomic mass is 35.5. The van der Waals surface area contributed by atoms with Gasteiger partial charge in [0.05, 0.1) is 16.2 Å². The number of aryl methyl sites for hydroxylation is 2. The maximum Gasteiger partial charge on any atom is 0.272 e. The van der Waals surface area contributed by atoms with Gasteiger partial charge >= 0.3 is 0 Å². The Morgan fingerprint density at radius 1 is 0.962 bits per heavy atom. The average Bonchev–Trinajstić information content (AvgIpc) is 2.81. The second kappa shape index (κ2) is 7.29. The minimum absolute atomic E-state index is 0.183. The summed E-state index contributed by atoms with van der Waals surface area (Å²) in [5.41, 5.74) is 3.70. The molecule has 2 amide bonds. The molecule has 0 aliphatic carbocycles. The standard InChI is InChI=1S/C21H20ClNO2S/c1-12(2)26-19-18(15-8-5-13(3)6-9-15)20(24)23(21(19)25)17-11-16(22)10-7-14(17)4/h5-12H,1-4H3. The number of nitrogens with zero attached hydrogens (tertiary/aromatic N) is 1. The van der Waals surface area contributed by atoms with Crippen LogP contribution in [-0.2, 0) is 9.59 Å². The largest absolute Gasteiger partial charge is 0.272 e. The van der Waals surface area contributed by atoms with E-state index in [-0.39, 0.29) is 17.1 Å². The average molecular weight is 386 g/mol. The minimum atomic E-state index is -0.299. The van der Waals surface area contributed by atoms with Crippen molar-refractivity contribution in [1.29, 1.82) is 0 Å². The molecule has 0 spiro atoms. The molecule has 0 bridgehead atoms. The molecule has 5 heteroatoms. The number of anilines is 1. The molecule has 26 heavy (non-hydrogen) atoms. The Morgan fingerprint density at radius 2 is 1.62 bits per heavy atom. The zero-order valence-corrected chi connectivity index (χ0v) is 16.7. The van der Waals surface area contributed by atoms with Gasteiger partial charge in [0, 0.05) is 10.3 Å². The van der Waals surface area contributed by atoms with Crippen molar-refractivity contribution in [2.24, 2.45) is 0 Å². The molecule has 1 heterocycles. The molecule has 0 N–H and O–H groups in total. The fourth-order valence-electron chi connectivity index (χ4n) is 2.87. The molecular weight excluding hydrogens is 366 g/mol. The molecule has 0 radical (unpaired) electrons. The fourth-order valence-corrected chi connectivity index (χ4v) is 4.02. The van der Waals surface area contributed by atoms with Crippen molar-refractivity contribution in [1.82, 2.24) is 0 Å². The predicted molar refractivity (Wildman–Crippen MR) is 110 cm³/mol. The number of halogens is 1. The molecule has 3 nitrogen and oxygen atoms in total. The Bertz CT molecular complexity index is 916. The van der Waals surface area contributed by atoms with Gasteiger partial charge in [0.2, 0.25) is 0 Å². The van der Waals surface area contributed by atoms with Crippen molar-refractivity contribution < 1.29 is 9.59 Å². The number of rotatable bonds is 4. The summed E-state index contributed by atoms with van der Waals surface area (Å²) in [5.74, 6) is -0.581. The summed E-state index contributed by atoms with van der Waals surface area (Å²) >= 11 is 7.54. The molecule has 2 aromatic carbocycles. The highest BCUT2D eigenvalue weighted by Gasteiger charge is 2.41. The Hall–Kier alpha value is -2.04. The molecule has 0 aromatic heterocycles. The van der Waals surface area contributed by atoms with Crippen molar-refractivity contribution >= 4 is 46.4 Å². The third-order valence-electron chi connectivity index (χ3n) is 4.15. The lowest BCUT2D eigenvalue weighted by Crippen LogP contribution is -2.32. The lowest BCUT2D eigenvalue weighted by molar-refractivity contribution is -0.119. The van der Waals surface area contributed by atoms with Gasteiger partial charge in [-0.05, 0) is 37.1 Å². The van der Waals surface area contributed by atoms with Crippen molar-refractivity contribution in [3.05, 3.63) is 69.1 Å². The van der Waals surface area contributed by atoms with Gasteiger partial charge in [-0.1, -0.05) is 61.3 Å². The van der Waals surface area contributed by atoms with Gasteiger partial charge in [-0.3, -0.25) is 9.59 Å². The summed E-state index contributed by atoms with van der Waals surface area (Å²) in [6.07, 6.45) is 0. The summed E-state index contributed by atoms with van der Waals surface area (Å²) in [7, 11) is 0. The van der Waals surface area contributed by atoms with E-state index in [0.717, 1.165) is 16.7 Å². The van der Waals surface area contributed by atoms with Crippen LogP contribution < -0.4 is 4.90 Å². The van der Waals surface area contributed by atoms with Crippen LogP contribution in [0.3, 0.4) is 0 Å². The summed E-state index contributed by atoms with van der Waals surface area (Å²) in [6, 6.07) is 12.9. The lowest BCUT2D eigenvalue weighted by atomic mass is 10.0. The highest BCUT2D eigenvalue weighted by Crippen LogP contribution is 2.41. The molecule has 2 aromatic rings. The first-order chi connectivity index (χ1) is 12.3. The second-order valence-corrected chi connectivity index (χ2v) is 8.64. The third-order valence-corrected chi connectivity index (χ3v) is 5.47. The van der Waals surface area contributed by atoms with Crippen LogP contribution >= 0.6 is 23.4 Å². The van der Waals surface area contributed by atoms with Crippen molar-refractivity contribution in [2.75, 3.05) is 4.90 Å². The molecule has 134 valence electrons. The van der Waals surface area contributed by atoms with E-state index in [1.165, 1.54) is 16.7 Å². The summed E-state index contributed by atoms with van der Waals surface area (Å²) < 4.78 is 0. The number of carbonyl (C=O) groups is 2. The molecule has 3 rings (SSSR count). The number of amides is 2. The van der Waals surface area contributed by atoms with E-state index in [9.17, 15) is 9.59 Å². The number of imide groups is 1. The topological polar surface area (TPSA) is 37.4 Å². The first-order valence-electron chi connectivity index (χ1n) is 8.42. The predicted octanol–water partition coefficient (Wildman–Crippen LogP) is 5.38. The number of carbonyl (C=O) groups excluding carboxylic acids is 2. The normalized spacial score (nSPS) is 14.8. The second-order valence-electron chi connectivity index (χ2n) is 6.61. The fraction of sp³-hybridized carbons (Fsp3) is 0.238.